The Bertz CT molecular complexity index is 963. The van der Waals surface area contributed by atoms with Gasteiger partial charge in [0.1, 0.15) is 5.82 Å². The summed E-state index contributed by atoms with van der Waals surface area (Å²) >= 11 is 0. The zero-order valence-corrected chi connectivity index (χ0v) is 13.3. The fourth-order valence-corrected chi connectivity index (χ4v) is 2.39. The molecule has 0 aliphatic rings. The lowest BCUT2D eigenvalue weighted by Gasteiger charge is -2.11. The Morgan fingerprint density at radius 3 is 2.71 bits per heavy atom. The van der Waals surface area contributed by atoms with Crippen molar-refractivity contribution in [1.29, 1.82) is 0 Å². The summed E-state index contributed by atoms with van der Waals surface area (Å²) in [6, 6.07) is 12.2. The first-order chi connectivity index (χ1) is 11.6. The molecule has 0 unspecified atom stereocenters. The van der Waals surface area contributed by atoms with E-state index in [4.69, 9.17) is 9.47 Å². The molecule has 1 heterocycles. The van der Waals surface area contributed by atoms with Crippen molar-refractivity contribution in [3.05, 3.63) is 52.8 Å². The fourth-order valence-electron chi connectivity index (χ4n) is 2.39. The van der Waals surface area contributed by atoms with Crippen LogP contribution in [0.4, 0.5) is 0 Å². The van der Waals surface area contributed by atoms with Crippen LogP contribution in [0.1, 0.15) is 13.8 Å². The van der Waals surface area contributed by atoms with E-state index in [0.717, 1.165) is 0 Å². The number of para-hydroxylation sites is 1. The standard InChI is InChI=1S/C18H16N2O4/c1-3-23-16-10-12(8-9-15(16)24-11(2)21)17-19-14-7-5-4-6-13(14)18(22)20-17/h4-10H,3H2,1-2H3,(H,19,20,22). The lowest BCUT2D eigenvalue weighted by Crippen LogP contribution is -2.09. The Kier molecular flexibility index (Phi) is 4.29. The maximum atomic E-state index is 12.2. The molecule has 0 amide bonds. The van der Waals surface area contributed by atoms with Gasteiger partial charge in [-0.1, -0.05) is 12.1 Å². The number of ether oxygens (including phenoxy) is 2. The maximum absolute atomic E-state index is 12.2. The second kappa shape index (κ2) is 6.54. The van der Waals surface area contributed by atoms with Crippen molar-refractivity contribution < 1.29 is 14.3 Å². The minimum absolute atomic E-state index is 0.211. The largest absolute Gasteiger partial charge is 0.490 e. The van der Waals surface area contributed by atoms with Gasteiger partial charge in [-0.15, -0.1) is 0 Å². The summed E-state index contributed by atoms with van der Waals surface area (Å²) in [5.74, 6) is 0.743. The first kappa shape index (κ1) is 15.7. The molecule has 6 heteroatoms. The van der Waals surface area contributed by atoms with E-state index in [1.807, 2.05) is 13.0 Å². The van der Waals surface area contributed by atoms with Crippen LogP contribution in [-0.4, -0.2) is 22.5 Å². The quantitative estimate of drug-likeness (QED) is 0.589. The minimum Gasteiger partial charge on any atom is -0.490 e. The van der Waals surface area contributed by atoms with Gasteiger partial charge in [-0.25, -0.2) is 4.98 Å². The van der Waals surface area contributed by atoms with Crippen LogP contribution in [0.2, 0.25) is 0 Å². The molecule has 0 saturated heterocycles. The highest BCUT2D eigenvalue weighted by Gasteiger charge is 2.12. The van der Waals surface area contributed by atoms with Crippen LogP contribution in [0.15, 0.2) is 47.3 Å². The molecule has 0 saturated carbocycles. The van der Waals surface area contributed by atoms with Crippen LogP contribution in [0.25, 0.3) is 22.3 Å². The summed E-state index contributed by atoms with van der Waals surface area (Å²) in [6.07, 6.45) is 0. The molecule has 0 radical (unpaired) electrons. The summed E-state index contributed by atoms with van der Waals surface area (Å²) < 4.78 is 10.6. The number of rotatable bonds is 4. The highest BCUT2D eigenvalue weighted by atomic mass is 16.6. The van der Waals surface area contributed by atoms with Crippen LogP contribution in [-0.2, 0) is 4.79 Å². The number of carbonyl (C=O) groups is 1. The number of hydrogen-bond acceptors (Lipinski definition) is 5. The van der Waals surface area contributed by atoms with Crippen molar-refractivity contribution >= 4 is 16.9 Å². The molecule has 3 aromatic rings. The van der Waals surface area contributed by atoms with Crippen molar-refractivity contribution in [2.45, 2.75) is 13.8 Å². The van der Waals surface area contributed by atoms with E-state index in [1.54, 1.807) is 36.4 Å². The minimum atomic E-state index is -0.430. The fraction of sp³-hybridized carbons (Fsp3) is 0.167. The van der Waals surface area contributed by atoms with E-state index in [-0.39, 0.29) is 5.56 Å². The molecule has 0 atom stereocenters. The predicted octanol–water partition coefficient (Wildman–Crippen LogP) is 2.91. The predicted molar refractivity (Wildman–Crippen MR) is 90.3 cm³/mol. The summed E-state index contributed by atoms with van der Waals surface area (Å²) in [5.41, 5.74) is 1.06. The van der Waals surface area contributed by atoms with Crippen LogP contribution in [0.5, 0.6) is 11.5 Å². The van der Waals surface area contributed by atoms with Gasteiger partial charge in [-0.05, 0) is 37.3 Å². The Morgan fingerprint density at radius 1 is 1.17 bits per heavy atom. The molecule has 6 nitrogen and oxygen atoms in total. The van der Waals surface area contributed by atoms with Crippen molar-refractivity contribution in [3.8, 4) is 22.9 Å². The highest BCUT2D eigenvalue weighted by Crippen LogP contribution is 2.32. The molecule has 0 aliphatic carbocycles. The molecular formula is C18H16N2O4. The second-order valence-corrected chi connectivity index (χ2v) is 5.12. The number of nitrogens with one attached hydrogen (secondary N) is 1. The van der Waals surface area contributed by atoms with Gasteiger partial charge in [0.15, 0.2) is 11.5 Å². The van der Waals surface area contributed by atoms with Gasteiger partial charge in [-0.2, -0.15) is 0 Å². The van der Waals surface area contributed by atoms with E-state index in [9.17, 15) is 9.59 Å². The number of aromatic nitrogens is 2. The molecule has 1 N–H and O–H groups in total. The van der Waals surface area contributed by atoms with Crippen LogP contribution in [0.3, 0.4) is 0 Å². The van der Waals surface area contributed by atoms with Crippen LogP contribution < -0.4 is 15.0 Å². The number of esters is 1. The molecular weight excluding hydrogens is 308 g/mol. The van der Waals surface area contributed by atoms with Crippen molar-refractivity contribution in [1.82, 2.24) is 9.97 Å². The molecule has 3 rings (SSSR count). The smallest absolute Gasteiger partial charge is 0.308 e. The Morgan fingerprint density at radius 2 is 1.96 bits per heavy atom. The van der Waals surface area contributed by atoms with Gasteiger partial charge in [-0.3, -0.25) is 9.59 Å². The van der Waals surface area contributed by atoms with Gasteiger partial charge < -0.3 is 14.5 Å². The van der Waals surface area contributed by atoms with E-state index in [0.29, 0.717) is 40.4 Å². The molecule has 2 aromatic carbocycles. The highest BCUT2D eigenvalue weighted by molar-refractivity contribution is 5.79. The van der Waals surface area contributed by atoms with Crippen molar-refractivity contribution in [2.24, 2.45) is 0 Å². The average molecular weight is 324 g/mol. The summed E-state index contributed by atoms with van der Waals surface area (Å²) in [4.78, 5) is 30.6. The van der Waals surface area contributed by atoms with E-state index < -0.39 is 5.97 Å². The lowest BCUT2D eigenvalue weighted by molar-refractivity contribution is -0.132. The topological polar surface area (TPSA) is 81.3 Å². The summed E-state index contributed by atoms with van der Waals surface area (Å²) in [7, 11) is 0. The monoisotopic (exact) mass is 324 g/mol. The molecule has 0 bridgehead atoms. The van der Waals surface area contributed by atoms with Crippen LogP contribution >= 0.6 is 0 Å². The number of fused-ring (bicyclic) bond motifs is 1. The normalized spacial score (nSPS) is 10.6. The molecule has 24 heavy (non-hydrogen) atoms. The number of benzene rings is 2. The SMILES string of the molecule is CCOc1cc(-c2nc3ccccc3c(=O)[nH]2)ccc1OC(C)=O. The maximum Gasteiger partial charge on any atom is 0.308 e. The summed E-state index contributed by atoms with van der Waals surface area (Å²) in [5, 5.41) is 0.530. The molecule has 0 aliphatic heterocycles. The zero-order valence-electron chi connectivity index (χ0n) is 13.3. The Balaban J connectivity index is 2.10. The van der Waals surface area contributed by atoms with Gasteiger partial charge >= 0.3 is 5.97 Å². The van der Waals surface area contributed by atoms with E-state index in [2.05, 4.69) is 9.97 Å². The molecule has 0 spiro atoms. The van der Waals surface area contributed by atoms with Gasteiger partial charge in [0.05, 0.1) is 17.5 Å². The molecule has 0 fully saturated rings. The van der Waals surface area contributed by atoms with E-state index >= 15 is 0 Å². The Hall–Kier alpha value is -3.15. The average Bonchev–Trinajstić information content (AvgIpc) is 2.56. The van der Waals surface area contributed by atoms with Crippen LogP contribution in [0, 0.1) is 0 Å². The molecule has 1 aromatic heterocycles. The zero-order chi connectivity index (χ0) is 17.1. The lowest BCUT2D eigenvalue weighted by atomic mass is 10.1. The second-order valence-electron chi connectivity index (χ2n) is 5.12. The van der Waals surface area contributed by atoms with Gasteiger partial charge in [0.2, 0.25) is 0 Å². The third-order valence-electron chi connectivity index (χ3n) is 3.38. The number of nitrogens with zero attached hydrogens (tertiary/aromatic N) is 1. The number of hydrogen-bond donors (Lipinski definition) is 1. The van der Waals surface area contributed by atoms with Gasteiger partial charge in [0, 0.05) is 12.5 Å². The number of aromatic amines is 1. The summed E-state index contributed by atoms with van der Waals surface area (Å²) in [6.45, 7) is 3.58. The first-order valence-corrected chi connectivity index (χ1v) is 7.53. The van der Waals surface area contributed by atoms with Gasteiger partial charge in [0.25, 0.3) is 5.56 Å². The first-order valence-electron chi connectivity index (χ1n) is 7.53. The van der Waals surface area contributed by atoms with Crippen molar-refractivity contribution in [3.63, 3.8) is 0 Å². The Labute approximate surface area is 138 Å². The number of carbonyl (C=O) groups excluding carboxylic acids is 1. The third kappa shape index (κ3) is 3.12. The van der Waals surface area contributed by atoms with Crippen molar-refractivity contribution in [2.75, 3.05) is 6.61 Å². The van der Waals surface area contributed by atoms with E-state index in [1.165, 1.54) is 6.92 Å². The third-order valence-corrected chi connectivity index (χ3v) is 3.38. The molecule has 122 valence electrons. The number of H-pyrrole nitrogens is 1.